The Hall–Kier alpha value is -3.61. The molecule has 1 aliphatic heterocycles. The van der Waals surface area contributed by atoms with Crippen LogP contribution in [0.25, 0.3) is 11.0 Å². The number of para-hydroxylation sites is 1. The van der Waals surface area contributed by atoms with Gasteiger partial charge in [-0.2, -0.15) is 0 Å². The second kappa shape index (κ2) is 8.26. The van der Waals surface area contributed by atoms with Gasteiger partial charge >= 0.3 is 5.63 Å². The van der Waals surface area contributed by atoms with E-state index in [4.69, 9.17) is 9.15 Å². The fraction of sp³-hybridized carbons (Fsp3) is 0.292. The van der Waals surface area contributed by atoms with Gasteiger partial charge in [-0.3, -0.25) is 9.59 Å². The number of benzene rings is 2. The molecular weight excluding hydrogens is 396 g/mol. The highest BCUT2D eigenvalue weighted by Crippen LogP contribution is 2.26. The molecule has 2 heterocycles. The molecule has 0 aliphatic carbocycles. The summed E-state index contributed by atoms with van der Waals surface area (Å²) in [7, 11) is 1.55. The Morgan fingerprint density at radius 2 is 2.00 bits per heavy atom. The Bertz CT molecular complexity index is 1230. The van der Waals surface area contributed by atoms with E-state index in [0.717, 1.165) is 10.9 Å². The highest BCUT2D eigenvalue weighted by molar-refractivity contribution is 6.06. The summed E-state index contributed by atoms with van der Waals surface area (Å²) in [6.07, 6.45) is 0.381. The molecule has 1 aromatic heterocycles. The molecule has 1 aliphatic rings. The molecule has 0 bridgehead atoms. The molecule has 0 fully saturated rings. The second-order valence-electron chi connectivity index (χ2n) is 7.75. The minimum atomic E-state index is -0.451. The van der Waals surface area contributed by atoms with Gasteiger partial charge in [0, 0.05) is 36.0 Å². The summed E-state index contributed by atoms with van der Waals surface area (Å²) in [5, 5.41) is 3.71. The van der Waals surface area contributed by atoms with E-state index in [9.17, 15) is 14.4 Å². The van der Waals surface area contributed by atoms with E-state index in [1.54, 1.807) is 42.3 Å². The van der Waals surface area contributed by atoms with Crippen molar-refractivity contribution in [3.8, 4) is 5.75 Å². The molecule has 0 saturated heterocycles. The number of nitrogens with one attached hydrogen (secondary N) is 1. The van der Waals surface area contributed by atoms with E-state index in [1.807, 2.05) is 26.0 Å². The lowest BCUT2D eigenvalue weighted by Crippen LogP contribution is -2.41. The van der Waals surface area contributed by atoms with Crippen LogP contribution in [-0.2, 0) is 11.2 Å². The quantitative estimate of drug-likeness (QED) is 0.655. The number of hydrogen-bond donors (Lipinski definition) is 1. The van der Waals surface area contributed by atoms with Gasteiger partial charge in [0.05, 0.1) is 18.4 Å². The first kappa shape index (κ1) is 20.7. The SMILES string of the molecule is COc1ccc2c(C)c(CCC(=O)N3C[C@H](C)NC(=O)c4ccccc43)c(=O)oc2c1. The van der Waals surface area contributed by atoms with Crippen molar-refractivity contribution in [2.75, 3.05) is 18.6 Å². The van der Waals surface area contributed by atoms with Crippen molar-refractivity contribution < 1.29 is 18.7 Å². The zero-order valence-electron chi connectivity index (χ0n) is 17.7. The first-order chi connectivity index (χ1) is 14.9. The van der Waals surface area contributed by atoms with Gasteiger partial charge in [0.2, 0.25) is 5.91 Å². The smallest absolute Gasteiger partial charge is 0.339 e. The number of carbonyl (C=O) groups excluding carboxylic acids is 2. The minimum Gasteiger partial charge on any atom is -0.497 e. The van der Waals surface area contributed by atoms with Crippen molar-refractivity contribution in [2.24, 2.45) is 0 Å². The number of carbonyl (C=O) groups is 2. The molecule has 0 radical (unpaired) electrons. The Kier molecular flexibility index (Phi) is 5.50. The van der Waals surface area contributed by atoms with Crippen LogP contribution in [0.5, 0.6) is 5.75 Å². The Balaban J connectivity index is 1.61. The molecule has 4 rings (SSSR count). The first-order valence-electron chi connectivity index (χ1n) is 10.2. The van der Waals surface area contributed by atoms with Gasteiger partial charge in [0.25, 0.3) is 5.91 Å². The van der Waals surface area contributed by atoms with E-state index in [2.05, 4.69) is 5.32 Å². The van der Waals surface area contributed by atoms with Crippen molar-refractivity contribution in [1.29, 1.82) is 0 Å². The Morgan fingerprint density at radius 1 is 1.23 bits per heavy atom. The van der Waals surface area contributed by atoms with Crippen LogP contribution >= 0.6 is 0 Å². The van der Waals surface area contributed by atoms with E-state index >= 15 is 0 Å². The number of methoxy groups -OCH3 is 1. The molecule has 7 heteroatoms. The number of anilines is 1. The van der Waals surface area contributed by atoms with Crippen LogP contribution in [-0.4, -0.2) is 31.5 Å². The van der Waals surface area contributed by atoms with Crippen molar-refractivity contribution >= 4 is 28.5 Å². The molecular formula is C24H24N2O5. The summed E-state index contributed by atoms with van der Waals surface area (Å²) in [5.74, 6) is 0.263. The number of fused-ring (bicyclic) bond motifs is 2. The van der Waals surface area contributed by atoms with E-state index in [-0.39, 0.29) is 30.7 Å². The van der Waals surface area contributed by atoms with Crippen LogP contribution in [0.2, 0.25) is 0 Å². The summed E-state index contributed by atoms with van der Waals surface area (Å²) in [6, 6.07) is 12.2. The summed E-state index contributed by atoms with van der Waals surface area (Å²) in [4.78, 5) is 39.8. The van der Waals surface area contributed by atoms with E-state index < -0.39 is 5.63 Å². The Labute approximate surface area is 179 Å². The molecule has 0 spiro atoms. The minimum absolute atomic E-state index is 0.127. The van der Waals surface area contributed by atoms with Crippen LogP contribution in [0.4, 0.5) is 5.69 Å². The largest absolute Gasteiger partial charge is 0.497 e. The summed E-state index contributed by atoms with van der Waals surface area (Å²) in [5.41, 5.74) is 2.34. The summed E-state index contributed by atoms with van der Waals surface area (Å²) < 4.78 is 10.7. The normalized spacial score (nSPS) is 15.9. The third kappa shape index (κ3) is 3.91. The standard InChI is InChI=1S/C24H24N2O5/c1-14-13-26(20-7-5-4-6-19(20)23(28)25-14)22(27)11-10-18-15(2)17-9-8-16(30-3)12-21(17)31-24(18)29/h4-9,12,14H,10-11,13H2,1-3H3,(H,25,28)/t14-/m0/s1. The third-order valence-electron chi connectivity index (χ3n) is 5.66. The number of amides is 2. The predicted octanol–water partition coefficient (Wildman–Crippen LogP) is 3.21. The number of ether oxygens (including phenoxy) is 1. The summed E-state index contributed by atoms with van der Waals surface area (Å²) >= 11 is 0. The van der Waals surface area contributed by atoms with Crippen molar-refractivity contribution in [3.63, 3.8) is 0 Å². The summed E-state index contributed by atoms with van der Waals surface area (Å²) in [6.45, 7) is 4.09. The zero-order chi connectivity index (χ0) is 22.1. The van der Waals surface area contributed by atoms with Crippen LogP contribution in [0.15, 0.2) is 51.7 Å². The highest BCUT2D eigenvalue weighted by Gasteiger charge is 2.28. The van der Waals surface area contributed by atoms with Gasteiger partial charge in [0.1, 0.15) is 11.3 Å². The molecule has 3 aromatic rings. The van der Waals surface area contributed by atoms with E-state index in [0.29, 0.717) is 34.7 Å². The lowest BCUT2D eigenvalue weighted by molar-refractivity contribution is -0.118. The van der Waals surface area contributed by atoms with Gasteiger partial charge in [0.15, 0.2) is 0 Å². The van der Waals surface area contributed by atoms with E-state index in [1.165, 1.54) is 0 Å². The average Bonchev–Trinajstić information content (AvgIpc) is 2.89. The molecule has 0 unspecified atom stereocenters. The van der Waals surface area contributed by atoms with Crippen LogP contribution < -0.4 is 20.6 Å². The van der Waals surface area contributed by atoms with Gasteiger partial charge in [-0.25, -0.2) is 4.79 Å². The molecule has 0 saturated carbocycles. The number of nitrogens with zero attached hydrogens (tertiary/aromatic N) is 1. The fourth-order valence-electron chi connectivity index (χ4n) is 4.01. The predicted molar refractivity (Wildman–Crippen MR) is 118 cm³/mol. The molecule has 1 N–H and O–H groups in total. The van der Waals surface area contributed by atoms with Crippen LogP contribution in [0, 0.1) is 6.92 Å². The zero-order valence-corrected chi connectivity index (χ0v) is 17.7. The maximum Gasteiger partial charge on any atom is 0.339 e. The molecule has 160 valence electrons. The fourth-order valence-corrected chi connectivity index (χ4v) is 4.01. The number of rotatable bonds is 4. The molecule has 2 aromatic carbocycles. The van der Waals surface area contributed by atoms with Crippen LogP contribution in [0.1, 0.15) is 34.8 Å². The van der Waals surface area contributed by atoms with Crippen molar-refractivity contribution in [1.82, 2.24) is 5.32 Å². The molecule has 1 atom stereocenters. The topological polar surface area (TPSA) is 88.9 Å². The van der Waals surface area contributed by atoms with Gasteiger partial charge in [-0.1, -0.05) is 12.1 Å². The maximum absolute atomic E-state index is 13.1. The Morgan fingerprint density at radius 3 is 2.77 bits per heavy atom. The van der Waals surface area contributed by atoms with Crippen LogP contribution in [0.3, 0.4) is 0 Å². The molecule has 2 amide bonds. The van der Waals surface area contributed by atoms with Crippen molar-refractivity contribution in [3.05, 3.63) is 69.6 Å². The average molecular weight is 420 g/mol. The lowest BCUT2D eigenvalue weighted by Gasteiger charge is -2.24. The first-order valence-corrected chi connectivity index (χ1v) is 10.2. The lowest BCUT2D eigenvalue weighted by atomic mass is 10.0. The van der Waals surface area contributed by atoms with Gasteiger partial charge in [-0.15, -0.1) is 0 Å². The van der Waals surface area contributed by atoms with Gasteiger partial charge in [-0.05, 0) is 50.1 Å². The van der Waals surface area contributed by atoms with Gasteiger partial charge < -0.3 is 19.4 Å². The third-order valence-corrected chi connectivity index (χ3v) is 5.66. The molecule has 7 nitrogen and oxygen atoms in total. The second-order valence-corrected chi connectivity index (χ2v) is 7.75. The maximum atomic E-state index is 13.1. The highest BCUT2D eigenvalue weighted by atomic mass is 16.5. The number of hydrogen-bond acceptors (Lipinski definition) is 5. The number of aryl methyl sites for hydroxylation is 1. The van der Waals surface area contributed by atoms with Crippen molar-refractivity contribution in [2.45, 2.75) is 32.7 Å². The molecule has 31 heavy (non-hydrogen) atoms. The monoisotopic (exact) mass is 420 g/mol.